The zero-order valence-electron chi connectivity index (χ0n) is 23.0. The van der Waals surface area contributed by atoms with Crippen LogP contribution in [0.3, 0.4) is 0 Å². The normalized spacial score (nSPS) is 11.3. The van der Waals surface area contributed by atoms with E-state index in [1.807, 2.05) is 74.5 Å². The second-order valence-corrected chi connectivity index (χ2v) is 10.6. The van der Waals surface area contributed by atoms with Crippen molar-refractivity contribution in [1.29, 1.82) is 0 Å². The van der Waals surface area contributed by atoms with E-state index < -0.39 is 5.91 Å². The first-order valence-electron chi connectivity index (χ1n) is 12.8. The van der Waals surface area contributed by atoms with Gasteiger partial charge in [0.05, 0.1) is 42.2 Å². The van der Waals surface area contributed by atoms with Gasteiger partial charge in [0.25, 0.3) is 5.91 Å². The first-order chi connectivity index (χ1) is 19.7. The van der Waals surface area contributed by atoms with E-state index in [4.69, 9.17) is 22.1 Å². The monoisotopic (exact) mass is 590 g/mol. The summed E-state index contributed by atoms with van der Waals surface area (Å²) < 4.78 is 9.66. The minimum Gasteiger partial charge on any atom is -0.497 e. The van der Waals surface area contributed by atoms with Gasteiger partial charge in [0.1, 0.15) is 5.75 Å². The third kappa shape index (κ3) is 7.91. The lowest BCUT2D eigenvalue weighted by Crippen LogP contribution is -2.37. The predicted molar refractivity (Wildman–Crippen MR) is 165 cm³/mol. The molecule has 3 aromatic carbocycles. The van der Waals surface area contributed by atoms with Crippen molar-refractivity contribution in [3.63, 3.8) is 0 Å². The summed E-state index contributed by atoms with van der Waals surface area (Å²) in [6.45, 7) is 4.60. The number of ether oxygens (including phenoxy) is 1. The maximum absolute atomic E-state index is 13.1. The van der Waals surface area contributed by atoms with Crippen LogP contribution in [0.2, 0.25) is 5.02 Å². The molecule has 0 spiro atoms. The Kier molecular flexibility index (Phi) is 10.1. The number of methoxy groups -OCH3 is 1. The van der Waals surface area contributed by atoms with Crippen LogP contribution in [0.15, 0.2) is 71.7 Å². The molecule has 1 aromatic heterocycles. The number of hydrogen-bond acceptors (Lipinski definition) is 7. The number of anilines is 1. The first kappa shape index (κ1) is 29.7. The lowest BCUT2D eigenvalue weighted by molar-refractivity contribution is -0.115. The third-order valence-corrected chi connectivity index (χ3v) is 7.25. The zero-order chi connectivity index (χ0) is 29.4. The Hall–Kier alpha value is -4.25. The van der Waals surface area contributed by atoms with Crippen molar-refractivity contribution in [3.05, 3.63) is 98.9 Å². The summed E-state index contributed by atoms with van der Waals surface area (Å²) in [4.78, 5) is 30.6. The molecule has 1 heterocycles. The van der Waals surface area contributed by atoms with Crippen LogP contribution in [-0.4, -0.2) is 35.8 Å². The molecule has 41 heavy (non-hydrogen) atoms. The van der Waals surface area contributed by atoms with E-state index in [-0.39, 0.29) is 25.0 Å². The highest BCUT2D eigenvalue weighted by Gasteiger charge is 2.20. The van der Waals surface area contributed by atoms with Crippen LogP contribution < -0.4 is 26.4 Å². The second-order valence-electron chi connectivity index (χ2n) is 9.25. The van der Waals surface area contributed by atoms with E-state index in [0.29, 0.717) is 34.3 Å². The average molecular weight is 591 g/mol. The average Bonchev–Trinajstić information content (AvgIpc) is 3.36. The molecule has 4 rings (SSSR count). The zero-order valence-corrected chi connectivity index (χ0v) is 24.5. The van der Waals surface area contributed by atoms with Gasteiger partial charge in [-0.2, -0.15) is 4.37 Å². The molecule has 5 N–H and O–H groups in total. The number of rotatable bonds is 10. The standard InChI is InChI=1S/C30H31ClN6O3S/c1-18-13-21(14-24(31)27(18)35-25(38)17-33-15-20-7-5-4-6-8-20)16-34-30(32)36-29(39)26-19(2)41-37-28(26)22-9-11-23(40-3)12-10-22/h4-14,33H,15-17H2,1-3H3,(H,35,38)(H3,32,34,36,39). The summed E-state index contributed by atoms with van der Waals surface area (Å²) in [5.74, 6) is 0.0916. The van der Waals surface area contributed by atoms with Gasteiger partial charge in [-0.1, -0.05) is 48.0 Å². The van der Waals surface area contributed by atoms with Crippen LogP contribution in [0.25, 0.3) is 11.3 Å². The van der Waals surface area contributed by atoms with Crippen LogP contribution in [0, 0.1) is 13.8 Å². The number of nitrogens with zero attached hydrogens (tertiary/aromatic N) is 2. The van der Waals surface area contributed by atoms with Crippen LogP contribution >= 0.6 is 23.1 Å². The molecule has 0 bridgehead atoms. The molecule has 4 aromatic rings. The van der Waals surface area contributed by atoms with Gasteiger partial charge in [0.2, 0.25) is 5.91 Å². The smallest absolute Gasteiger partial charge is 0.261 e. The summed E-state index contributed by atoms with van der Waals surface area (Å²) in [7, 11) is 1.59. The second kappa shape index (κ2) is 13.9. The predicted octanol–water partition coefficient (Wildman–Crippen LogP) is 5.06. The Morgan fingerprint density at radius 2 is 1.78 bits per heavy atom. The molecular weight excluding hydrogens is 560 g/mol. The molecule has 0 saturated heterocycles. The highest BCUT2D eigenvalue weighted by atomic mass is 35.5. The number of carbonyl (C=O) groups is 2. The lowest BCUT2D eigenvalue weighted by Gasteiger charge is -2.13. The minimum atomic E-state index is -0.392. The topological polar surface area (TPSA) is 131 Å². The maximum Gasteiger partial charge on any atom is 0.261 e. The molecular formula is C30H31ClN6O3S. The van der Waals surface area contributed by atoms with Crippen molar-refractivity contribution in [2.45, 2.75) is 26.9 Å². The van der Waals surface area contributed by atoms with Gasteiger partial charge in [0, 0.05) is 17.0 Å². The Labute approximate surface area is 248 Å². The number of hydrogen-bond donors (Lipinski definition) is 4. The molecule has 0 unspecified atom stereocenters. The van der Waals surface area contributed by atoms with Crippen LogP contribution in [0.4, 0.5) is 5.69 Å². The van der Waals surface area contributed by atoms with E-state index in [0.717, 1.165) is 27.1 Å². The molecule has 2 amide bonds. The number of aliphatic imine (C=N–C) groups is 1. The van der Waals surface area contributed by atoms with Crippen LogP contribution in [-0.2, 0) is 17.9 Å². The summed E-state index contributed by atoms with van der Waals surface area (Å²) in [6, 6.07) is 20.7. The summed E-state index contributed by atoms with van der Waals surface area (Å²) in [6.07, 6.45) is 0. The summed E-state index contributed by atoms with van der Waals surface area (Å²) >= 11 is 7.73. The molecule has 0 aliphatic carbocycles. The quantitative estimate of drug-likeness (QED) is 0.151. The van der Waals surface area contributed by atoms with Crippen molar-refractivity contribution < 1.29 is 14.3 Å². The van der Waals surface area contributed by atoms with E-state index in [9.17, 15) is 9.59 Å². The first-order valence-corrected chi connectivity index (χ1v) is 14.0. The van der Waals surface area contributed by atoms with Crippen molar-refractivity contribution >= 4 is 46.6 Å². The van der Waals surface area contributed by atoms with Crippen molar-refractivity contribution in [2.75, 3.05) is 19.0 Å². The van der Waals surface area contributed by atoms with Gasteiger partial charge in [0.15, 0.2) is 5.96 Å². The Balaban J connectivity index is 1.36. The Morgan fingerprint density at radius 3 is 2.46 bits per heavy atom. The Morgan fingerprint density at radius 1 is 1.05 bits per heavy atom. The fourth-order valence-electron chi connectivity index (χ4n) is 4.14. The van der Waals surface area contributed by atoms with Gasteiger partial charge in [-0.05, 0) is 72.4 Å². The SMILES string of the molecule is COc1ccc(-c2nsc(C)c2C(=O)NC(N)=NCc2cc(C)c(NC(=O)CNCc3ccccc3)c(Cl)c2)cc1. The molecule has 0 aliphatic rings. The number of nitrogens with one attached hydrogen (secondary N) is 3. The number of guanidine groups is 1. The van der Waals surface area contributed by atoms with E-state index in [1.54, 1.807) is 13.2 Å². The summed E-state index contributed by atoms with van der Waals surface area (Å²) in [5.41, 5.74) is 11.0. The minimum absolute atomic E-state index is 0.0306. The van der Waals surface area contributed by atoms with Crippen LogP contribution in [0.5, 0.6) is 5.75 Å². The van der Waals surface area contributed by atoms with Gasteiger partial charge in [-0.25, -0.2) is 4.99 Å². The lowest BCUT2D eigenvalue weighted by atomic mass is 10.1. The van der Waals surface area contributed by atoms with E-state index in [1.165, 1.54) is 11.5 Å². The highest BCUT2D eigenvalue weighted by Crippen LogP contribution is 2.30. The number of amides is 2. The number of benzene rings is 3. The fourth-order valence-corrected chi connectivity index (χ4v) is 5.19. The summed E-state index contributed by atoms with van der Waals surface area (Å²) in [5, 5.41) is 9.03. The number of aryl methyl sites for hydroxylation is 2. The molecule has 9 nitrogen and oxygen atoms in total. The molecule has 212 valence electrons. The van der Waals surface area contributed by atoms with Crippen molar-refractivity contribution in [2.24, 2.45) is 10.7 Å². The van der Waals surface area contributed by atoms with Gasteiger partial charge in [-0.15, -0.1) is 0 Å². The molecule has 0 aliphatic heterocycles. The number of nitrogens with two attached hydrogens (primary N) is 1. The van der Waals surface area contributed by atoms with Crippen LogP contribution in [0.1, 0.15) is 31.9 Å². The fraction of sp³-hybridized carbons (Fsp3) is 0.200. The van der Waals surface area contributed by atoms with Gasteiger partial charge < -0.3 is 21.1 Å². The van der Waals surface area contributed by atoms with Gasteiger partial charge >= 0.3 is 0 Å². The van der Waals surface area contributed by atoms with Crippen molar-refractivity contribution in [3.8, 4) is 17.0 Å². The molecule has 0 atom stereocenters. The third-order valence-electron chi connectivity index (χ3n) is 6.20. The molecule has 0 fully saturated rings. The van der Waals surface area contributed by atoms with Gasteiger partial charge in [-0.3, -0.25) is 14.9 Å². The number of aromatic nitrogens is 1. The number of carbonyl (C=O) groups excluding carboxylic acids is 2. The van der Waals surface area contributed by atoms with Crippen molar-refractivity contribution in [1.82, 2.24) is 15.0 Å². The van der Waals surface area contributed by atoms with E-state index >= 15 is 0 Å². The Bertz CT molecular complexity index is 1530. The maximum atomic E-state index is 13.1. The highest BCUT2D eigenvalue weighted by molar-refractivity contribution is 7.06. The van der Waals surface area contributed by atoms with E-state index in [2.05, 4.69) is 25.3 Å². The largest absolute Gasteiger partial charge is 0.497 e. The molecule has 0 radical (unpaired) electrons. The molecule has 11 heteroatoms. The number of halogens is 1. The molecule has 0 saturated carbocycles.